The van der Waals surface area contributed by atoms with Gasteiger partial charge in [0.15, 0.2) is 5.69 Å². The molecule has 4 rings (SSSR count). The number of aromatic nitrogens is 2. The fourth-order valence-electron chi connectivity index (χ4n) is 3.59. The van der Waals surface area contributed by atoms with Crippen LogP contribution >= 0.6 is 0 Å². The smallest absolute Gasteiger partial charge is 0.278 e. The van der Waals surface area contributed by atoms with Crippen LogP contribution in [0, 0.1) is 17.0 Å². The molecule has 0 saturated heterocycles. The molecule has 2 aromatic carbocycles. The average Bonchev–Trinajstić information content (AvgIpc) is 3.08. The largest absolute Gasteiger partial charge is 0.306 e. The van der Waals surface area contributed by atoms with Crippen molar-refractivity contribution in [2.75, 3.05) is 11.4 Å². The highest BCUT2D eigenvalue weighted by molar-refractivity contribution is 6.06. The van der Waals surface area contributed by atoms with E-state index in [9.17, 15) is 14.9 Å². The fraction of sp³-hybridized carbons (Fsp3) is 0.238. The van der Waals surface area contributed by atoms with Crippen molar-refractivity contribution in [2.24, 2.45) is 7.05 Å². The van der Waals surface area contributed by atoms with Crippen LogP contribution in [0.2, 0.25) is 0 Å². The summed E-state index contributed by atoms with van der Waals surface area (Å²) in [6.07, 6.45) is 1.61. The van der Waals surface area contributed by atoms with E-state index in [2.05, 4.69) is 5.10 Å². The van der Waals surface area contributed by atoms with Crippen molar-refractivity contribution < 1.29 is 9.72 Å². The quantitative estimate of drug-likeness (QED) is 0.513. The molecule has 0 spiro atoms. The van der Waals surface area contributed by atoms with Crippen LogP contribution in [-0.2, 0) is 13.5 Å². The van der Waals surface area contributed by atoms with Gasteiger partial charge in [-0.05, 0) is 37.0 Å². The average molecular weight is 376 g/mol. The molecule has 1 aliphatic heterocycles. The molecule has 1 amide bonds. The SMILES string of the molecule is Cc1ccc(-c2cc(C(=O)N3CCCc4ccc([N+](=O)[O-])cc43)nn2C)cc1. The number of aryl methyl sites for hydroxylation is 3. The number of rotatable bonds is 3. The standard InChI is InChI=1S/C21H20N4O3/c1-14-5-7-16(8-6-14)19-13-18(22-23(19)2)21(26)24-11-3-4-15-9-10-17(25(27)28)12-20(15)24/h5-10,12-13H,3-4,11H2,1-2H3. The van der Waals surface area contributed by atoms with Gasteiger partial charge in [0.1, 0.15) is 0 Å². The third-order valence-corrected chi connectivity index (χ3v) is 5.09. The zero-order valence-corrected chi connectivity index (χ0v) is 15.8. The minimum atomic E-state index is -0.437. The second-order valence-electron chi connectivity index (χ2n) is 7.03. The van der Waals surface area contributed by atoms with Gasteiger partial charge in [-0.15, -0.1) is 0 Å². The fourth-order valence-corrected chi connectivity index (χ4v) is 3.59. The minimum Gasteiger partial charge on any atom is -0.306 e. The lowest BCUT2D eigenvalue weighted by Gasteiger charge is -2.28. The van der Waals surface area contributed by atoms with Gasteiger partial charge in [-0.1, -0.05) is 35.9 Å². The summed E-state index contributed by atoms with van der Waals surface area (Å²) in [5.41, 5.74) is 4.85. The van der Waals surface area contributed by atoms with Crippen LogP contribution < -0.4 is 4.90 Å². The number of non-ortho nitro benzene ring substituents is 1. The Hall–Kier alpha value is -3.48. The normalized spacial score (nSPS) is 13.3. The molecule has 1 aromatic heterocycles. The van der Waals surface area contributed by atoms with Crippen molar-refractivity contribution in [3.8, 4) is 11.3 Å². The van der Waals surface area contributed by atoms with Crippen molar-refractivity contribution in [3.05, 3.63) is 75.5 Å². The van der Waals surface area contributed by atoms with Crippen LogP contribution in [0.5, 0.6) is 0 Å². The number of carbonyl (C=O) groups is 1. The summed E-state index contributed by atoms with van der Waals surface area (Å²) in [5, 5.41) is 15.6. The summed E-state index contributed by atoms with van der Waals surface area (Å²) >= 11 is 0. The predicted octanol–water partition coefficient (Wildman–Crippen LogP) is 3.90. The van der Waals surface area contributed by atoms with Gasteiger partial charge >= 0.3 is 0 Å². The highest BCUT2D eigenvalue weighted by Gasteiger charge is 2.27. The van der Waals surface area contributed by atoms with Crippen molar-refractivity contribution in [1.29, 1.82) is 0 Å². The molecule has 1 aliphatic rings. The third kappa shape index (κ3) is 3.15. The number of nitrogens with zero attached hydrogens (tertiary/aromatic N) is 4. The lowest BCUT2D eigenvalue weighted by molar-refractivity contribution is -0.384. The number of carbonyl (C=O) groups excluding carboxylic acids is 1. The molecule has 28 heavy (non-hydrogen) atoms. The Kier molecular flexibility index (Phi) is 4.43. The second kappa shape index (κ2) is 6.92. The van der Waals surface area contributed by atoms with Crippen molar-refractivity contribution in [1.82, 2.24) is 9.78 Å². The van der Waals surface area contributed by atoms with Crippen LogP contribution in [0.15, 0.2) is 48.5 Å². The molecule has 0 fully saturated rings. The van der Waals surface area contributed by atoms with Gasteiger partial charge in [0, 0.05) is 25.7 Å². The van der Waals surface area contributed by atoms with E-state index in [1.165, 1.54) is 12.1 Å². The molecular formula is C21H20N4O3. The summed E-state index contributed by atoms with van der Waals surface area (Å²) < 4.78 is 1.69. The molecule has 7 heteroatoms. The Balaban J connectivity index is 1.70. The van der Waals surface area contributed by atoms with Gasteiger partial charge in [0.25, 0.3) is 11.6 Å². The van der Waals surface area contributed by atoms with E-state index >= 15 is 0 Å². The van der Waals surface area contributed by atoms with Crippen molar-refractivity contribution in [2.45, 2.75) is 19.8 Å². The van der Waals surface area contributed by atoms with Gasteiger partial charge < -0.3 is 4.90 Å². The summed E-state index contributed by atoms with van der Waals surface area (Å²) in [6, 6.07) is 14.5. The highest BCUT2D eigenvalue weighted by Crippen LogP contribution is 2.32. The highest BCUT2D eigenvalue weighted by atomic mass is 16.6. The number of amides is 1. The first kappa shape index (κ1) is 17.9. The minimum absolute atomic E-state index is 0.0141. The molecule has 2 heterocycles. The maximum Gasteiger partial charge on any atom is 0.278 e. The Bertz CT molecular complexity index is 1070. The van der Waals surface area contributed by atoms with Crippen LogP contribution in [0.25, 0.3) is 11.3 Å². The first-order valence-electron chi connectivity index (χ1n) is 9.14. The lowest BCUT2D eigenvalue weighted by atomic mass is 10.0. The summed E-state index contributed by atoms with van der Waals surface area (Å²) in [7, 11) is 1.81. The summed E-state index contributed by atoms with van der Waals surface area (Å²) in [4.78, 5) is 25.5. The van der Waals surface area contributed by atoms with Gasteiger partial charge in [-0.2, -0.15) is 5.10 Å². The molecule has 0 bridgehead atoms. The van der Waals surface area contributed by atoms with Gasteiger partial charge in [-0.3, -0.25) is 19.6 Å². The van der Waals surface area contributed by atoms with E-state index in [1.807, 2.05) is 31.2 Å². The topological polar surface area (TPSA) is 81.3 Å². The number of nitro groups is 1. The Morgan fingerprint density at radius 1 is 1.14 bits per heavy atom. The number of hydrogen-bond acceptors (Lipinski definition) is 4. The van der Waals surface area contributed by atoms with Crippen LogP contribution in [0.3, 0.4) is 0 Å². The zero-order valence-electron chi connectivity index (χ0n) is 15.8. The lowest BCUT2D eigenvalue weighted by Crippen LogP contribution is -2.35. The van der Waals surface area contributed by atoms with Crippen LogP contribution in [-0.4, -0.2) is 27.2 Å². The van der Waals surface area contributed by atoms with E-state index in [-0.39, 0.29) is 11.6 Å². The number of benzene rings is 2. The van der Waals surface area contributed by atoms with Gasteiger partial charge in [0.2, 0.25) is 0 Å². The zero-order chi connectivity index (χ0) is 19.8. The number of nitro benzene ring substituents is 1. The summed E-state index contributed by atoms with van der Waals surface area (Å²) in [5.74, 6) is -0.240. The molecular weight excluding hydrogens is 356 g/mol. The maximum absolute atomic E-state index is 13.2. The molecule has 3 aromatic rings. The Morgan fingerprint density at radius 2 is 1.89 bits per heavy atom. The maximum atomic E-state index is 13.2. The molecule has 0 aliphatic carbocycles. The second-order valence-corrected chi connectivity index (χ2v) is 7.03. The van der Waals surface area contributed by atoms with E-state index in [0.717, 1.165) is 35.2 Å². The van der Waals surface area contributed by atoms with E-state index < -0.39 is 4.92 Å². The molecule has 0 atom stereocenters. The number of fused-ring (bicyclic) bond motifs is 1. The predicted molar refractivity (Wildman–Crippen MR) is 106 cm³/mol. The van der Waals surface area contributed by atoms with Crippen LogP contribution in [0.4, 0.5) is 11.4 Å². The molecule has 0 N–H and O–H groups in total. The first-order valence-corrected chi connectivity index (χ1v) is 9.14. The van der Waals surface area contributed by atoms with E-state index in [0.29, 0.717) is 17.9 Å². The van der Waals surface area contributed by atoms with E-state index in [4.69, 9.17) is 0 Å². The number of hydrogen-bond donors (Lipinski definition) is 0. The van der Waals surface area contributed by atoms with E-state index in [1.54, 1.807) is 28.8 Å². The summed E-state index contributed by atoms with van der Waals surface area (Å²) in [6.45, 7) is 2.54. The molecule has 0 saturated carbocycles. The molecule has 0 radical (unpaired) electrons. The Morgan fingerprint density at radius 3 is 2.61 bits per heavy atom. The van der Waals surface area contributed by atoms with Gasteiger partial charge in [-0.25, -0.2) is 0 Å². The molecule has 7 nitrogen and oxygen atoms in total. The first-order chi connectivity index (χ1) is 13.4. The van der Waals surface area contributed by atoms with Crippen molar-refractivity contribution in [3.63, 3.8) is 0 Å². The molecule has 0 unspecified atom stereocenters. The Labute approximate surface area is 162 Å². The third-order valence-electron chi connectivity index (χ3n) is 5.09. The number of anilines is 1. The monoisotopic (exact) mass is 376 g/mol. The van der Waals surface area contributed by atoms with Crippen molar-refractivity contribution >= 4 is 17.3 Å². The molecule has 142 valence electrons. The van der Waals surface area contributed by atoms with Crippen LogP contribution in [0.1, 0.15) is 28.0 Å². The van der Waals surface area contributed by atoms with Gasteiger partial charge in [0.05, 0.1) is 16.3 Å².